The Kier molecular flexibility index (Phi) is 8.95. The van der Waals surface area contributed by atoms with Gasteiger partial charge in [0, 0.05) is 18.1 Å². The number of fused-ring (bicyclic) bond motifs is 1. The highest BCUT2D eigenvalue weighted by atomic mass is 28.4. The topological polar surface area (TPSA) is 38.8 Å². The van der Waals surface area contributed by atoms with E-state index in [1.54, 1.807) is 4.90 Å². The Balaban J connectivity index is 1.96. The molecule has 0 radical (unpaired) electrons. The lowest BCUT2D eigenvalue weighted by atomic mass is 9.88. The van der Waals surface area contributed by atoms with Gasteiger partial charge in [0.15, 0.2) is 8.32 Å². The minimum atomic E-state index is -1.89. The van der Waals surface area contributed by atoms with Gasteiger partial charge in [0.2, 0.25) is 0 Å². The summed E-state index contributed by atoms with van der Waals surface area (Å²) >= 11 is 0. The third-order valence-electron chi connectivity index (χ3n) is 7.12. The largest absolute Gasteiger partial charge is 0.444 e. The summed E-state index contributed by atoms with van der Waals surface area (Å²) in [6.45, 7) is 21.1. The molecule has 0 unspecified atom stereocenters. The molecule has 3 rings (SSSR count). The summed E-state index contributed by atoms with van der Waals surface area (Å²) in [5, 5.41) is 0.149. The maximum atomic E-state index is 13.5. The van der Waals surface area contributed by atoms with E-state index in [0.717, 1.165) is 16.8 Å². The first kappa shape index (κ1) is 29.0. The Morgan fingerprint density at radius 3 is 2.24 bits per heavy atom. The number of rotatable bonds is 6. The van der Waals surface area contributed by atoms with Crippen molar-refractivity contribution in [3.63, 3.8) is 0 Å². The van der Waals surface area contributed by atoms with Crippen LogP contribution in [0, 0.1) is 17.4 Å². The molecule has 198 valence electrons. The lowest BCUT2D eigenvalue weighted by Gasteiger charge is -2.38. The number of amides is 1. The minimum Gasteiger partial charge on any atom is -0.444 e. The lowest BCUT2D eigenvalue weighted by molar-refractivity contribution is 0.146. The van der Waals surface area contributed by atoms with Gasteiger partial charge in [0.1, 0.15) is 20.7 Å². The molecule has 4 nitrogen and oxygen atoms in total. The normalized spacial score (nSPS) is 16.7. The fourth-order valence-corrected chi connectivity index (χ4v) is 5.56. The average Bonchev–Trinajstić information content (AvgIpc) is 2.83. The van der Waals surface area contributed by atoms with E-state index in [1.807, 2.05) is 48.5 Å². The highest BCUT2D eigenvalue weighted by molar-refractivity contribution is 6.83. The molecule has 0 bridgehead atoms. The Morgan fingerprint density at radius 2 is 1.62 bits per heavy atom. The fraction of sp³-hybridized carbons (Fsp3) is 0.452. The van der Waals surface area contributed by atoms with Crippen LogP contribution in [0.4, 0.5) is 10.5 Å². The fourth-order valence-electron chi connectivity index (χ4n) is 3.88. The van der Waals surface area contributed by atoms with Gasteiger partial charge in [-0.3, -0.25) is 4.90 Å². The Hall–Kier alpha value is -2.60. The van der Waals surface area contributed by atoms with Crippen molar-refractivity contribution >= 4 is 33.7 Å². The Bertz CT molecular complexity index is 1180. The van der Waals surface area contributed by atoms with Gasteiger partial charge >= 0.3 is 6.09 Å². The number of carbonyl (C=O) groups is 1. The summed E-state index contributed by atoms with van der Waals surface area (Å²) in [4.78, 5) is 15.2. The molecule has 37 heavy (non-hydrogen) atoms. The van der Waals surface area contributed by atoms with Crippen LogP contribution in [0.3, 0.4) is 0 Å². The highest BCUT2D eigenvalue weighted by Gasteiger charge is 2.38. The second kappa shape index (κ2) is 11.4. The molecule has 0 aliphatic carbocycles. The smallest absolute Gasteiger partial charge is 0.415 e. The molecule has 6 heteroatoms. The number of anilines is 1. The molecular weight excluding hydrogens is 491 g/mol. The monoisotopic (exact) mass is 533 g/mol. The van der Waals surface area contributed by atoms with Gasteiger partial charge < -0.3 is 9.16 Å². The zero-order valence-corrected chi connectivity index (χ0v) is 26.0. The average molecular weight is 534 g/mol. The van der Waals surface area contributed by atoms with Crippen molar-refractivity contribution in [3.05, 3.63) is 71.8 Å². The van der Waals surface area contributed by atoms with Gasteiger partial charge in [-0.2, -0.15) is 0 Å². The standard InChI is InChI=1S/C31H43NO3Si2/c1-24(22-35-37(8,9)31(2,3)4)28-21-26(19-20-36(5,6)7)32(29-18-14-13-17-27(28)29)30(33)34-23-25-15-11-10-12-16-25/h10-18,21,24,26H,22-23H2,1-9H3/t24-,26+/m1/s1. The quantitative estimate of drug-likeness (QED) is 0.278. The summed E-state index contributed by atoms with van der Waals surface area (Å²) in [5.74, 6) is 3.60. The Morgan fingerprint density at radius 1 is 1.00 bits per heavy atom. The van der Waals surface area contributed by atoms with Crippen LogP contribution < -0.4 is 4.90 Å². The van der Waals surface area contributed by atoms with Crippen LogP contribution in [-0.2, 0) is 15.8 Å². The first-order chi connectivity index (χ1) is 17.2. The van der Waals surface area contributed by atoms with Crippen LogP contribution in [0.1, 0.15) is 38.8 Å². The molecule has 0 fully saturated rings. The second-order valence-electron chi connectivity index (χ2n) is 12.5. The molecular formula is C31H43NO3Si2. The van der Waals surface area contributed by atoms with Crippen molar-refractivity contribution in [2.75, 3.05) is 11.5 Å². The number of hydrogen-bond donors (Lipinski definition) is 0. The van der Waals surface area contributed by atoms with E-state index in [1.165, 1.54) is 5.57 Å². The van der Waals surface area contributed by atoms with Crippen LogP contribution in [0.15, 0.2) is 60.7 Å². The summed E-state index contributed by atoms with van der Waals surface area (Å²) in [7, 11) is -3.56. The van der Waals surface area contributed by atoms with Crippen LogP contribution >= 0.6 is 0 Å². The number of para-hydroxylation sites is 1. The number of hydrogen-bond acceptors (Lipinski definition) is 3. The van der Waals surface area contributed by atoms with E-state index in [2.05, 4.69) is 84.0 Å². The van der Waals surface area contributed by atoms with Gasteiger partial charge in [-0.25, -0.2) is 4.79 Å². The highest BCUT2D eigenvalue weighted by Crippen LogP contribution is 2.41. The Labute approximate surface area is 226 Å². The second-order valence-corrected chi connectivity index (χ2v) is 22.0. The zero-order chi connectivity index (χ0) is 27.4. The molecule has 2 atom stereocenters. The van der Waals surface area contributed by atoms with E-state index in [0.29, 0.717) is 6.61 Å². The number of carbonyl (C=O) groups excluding carboxylic acids is 1. The van der Waals surface area contributed by atoms with E-state index in [-0.39, 0.29) is 23.7 Å². The summed E-state index contributed by atoms with van der Waals surface area (Å²) in [5.41, 5.74) is 7.50. The van der Waals surface area contributed by atoms with Crippen molar-refractivity contribution in [3.8, 4) is 11.5 Å². The third-order valence-corrected chi connectivity index (χ3v) is 12.5. The number of benzene rings is 2. The third kappa shape index (κ3) is 7.47. The van der Waals surface area contributed by atoms with Crippen molar-refractivity contribution in [2.24, 2.45) is 5.92 Å². The van der Waals surface area contributed by atoms with E-state index in [4.69, 9.17) is 9.16 Å². The summed E-state index contributed by atoms with van der Waals surface area (Å²) in [6.07, 6.45) is 1.77. The summed E-state index contributed by atoms with van der Waals surface area (Å²) < 4.78 is 12.4. The van der Waals surface area contributed by atoms with Crippen molar-refractivity contribution in [2.45, 2.75) is 78.1 Å². The van der Waals surface area contributed by atoms with E-state index < -0.39 is 22.4 Å². The van der Waals surface area contributed by atoms with Crippen LogP contribution in [0.5, 0.6) is 0 Å². The molecule has 1 aliphatic rings. The molecule has 1 amide bonds. The molecule has 1 aliphatic heterocycles. The molecule has 1 heterocycles. The maximum absolute atomic E-state index is 13.5. The van der Waals surface area contributed by atoms with Gasteiger partial charge in [-0.05, 0) is 41.4 Å². The molecule has 0 spiro atoms. The van der Waals surface area contributed by atoms with Crippen molar-refractivity contribution in [1.29, 1.82) is 0 Å². The minimum absolute atomic E-state index is 0.149. The number of nitrogens with zero attached hydrogens (tertiary/aromatic N) is 1. The molecule has 0 aromatic heterocycles. The molecule has 0 saturated heterocycles. The zero-order valence-electron chi connectivity index (χ0n) is 24.0. The van der Waals surface area contributed by atoms with Gasteiger partial charge in [-0.15, -0.1) is 5.54 Å². The molecule has 0 N–H and O–H groups in total. The van der Waals surface area contributed by atoms with Crippen LogP contribution in [-0.4, -0.2) is 35.1 Å². The van der Waals surface area contributed by atoms with Crippen molar-refractivity contribution < 1.29 is 14.0 Å². The van der Waals surface area contributed by atoms with Crippen LogP contribution in [0.2, 0.25) is 37.8 Å². The van der Waals surface area contributed by atoms with E-state index >= 15 is 0 Å². The van der Waals surface area contributed by atoms with E-state index in [9.17, 15) is 4.79 Å². The van der Waals surface area contributed by atoms with Gasteiger partial charge in [-0.1, -0.05) is 102 Å². The molecule has 2 aromatic carbocycles. The maximum Gasteiger partial charge on any atom is 0.415 e. The summed E-state index contributed by atoms with van der Waals surface area (Å²) in [6, 6.07) is 17.5. The SMILES string of the molecule is C[C@H](CO[Si](C)(C)C(C)(C)C)C1=C[C@H](C#C[Si](C)(C)C)N(C(=O)OCc2ccccc2)c2ccccc21. The predicted octanol–water partition coefficient (Wildman–Crippen LogP) is 8.13. The van der Waals surface area contributed by atoms with Gasteiger partial charge in [0.25, 0.3) is 0 Å². The first-order valence-electron chi connectivity index (χ1n) is 13.2. The van der Waals surface area contributed by atoms with Gasteiger partial charge in [0.05, 0.1) is 5.69 Å². The lowest BCUT2D eigenvalue weighted by Crippen LogP contribution is -2.43. The van der Waals surface area contributed by atoms with Crippen LogP contribution in [0.25, 0.3) is 5.57 Å². The number of ether oxygens (including phenoxy) is 1. The molecule has 2 aromatic rings. The molecule has 0 saturated carbocycles. The first-order valence-corrected chi connectivity index (χ1v) is 19.6. The predicted molar refractivity (Wildman–Crippen MR) is 161 cm³/mol. The van der Waals surface area contributed by atoms with Crippen molar-refractivity contribution in [1.82, 2.24) is 0 Å².